The van der Waals surface area contributed by atoms with Gasteiger partial charge in [0.15, 0.2) is 0 Å². The summed E-state index contributed by atoms with van der Waals surface area (Å²) in [4.78, 5) is 12.4. The van der Waals surface area contributed by atoms with Gasteiger partial charge in [0.1, 0.15) is 17.2 Å². The van der Waals surface area contributed by atoms with Gasteiger partial charge in [0, 0.05) is 16.7 Å². The van der Waals surface area contributed by atoms with E-state index in [0.29, 0.717) is 12.3 Å². The number of ether oxygens (including phenoxy) is 2. The molecule has 0 radical (unpaired) electrons. The first kappa shape index (κ1) is 16.2. The number of hydrogen-bond donors (Lipinski definition) is 2. The summed E-state index contributed by atoms with van der Waals surface area (Å²) in [5, 5.41) is 10.3. The Morgan fingerprint density at radius 1 is 1.12 bits per heavy atom. The first-order valence-corrected chi connectivity index (χ1v) is 8.48. The Morgan fingerprint density at radius 2 is 1.88 bits per heavy atom. The van der Waals surface area contributed by atoms with Gasteiger partial charge in [0.2, 0.25) is 0 Å². The zero-order valence-corrected chi connectivity index (χ0v) is 14.6. The molecule has 2 heterocycles. The van der Waals surface area contributed by atoms with Gasteiger partial charge in [-0.05, 0) is 37.3 Å². The maximum atomic E-state index is 12.4. The van der Waals surface area contributed by atoms with Crippen LogP contribution < -0.4 is 14.8 Å². The van der Waals surface area contributed by atoms with E-state index in [9.17, 15) is 4.79 Å². The number of nitrogens with one attached hydrogen (secondary N) is 2. The molecule has 6 heteroatoms. The third kappa shape index (κ3) is 2.60. The van der Waals surface area contributed by atoms with Crippen LogP contribution in [0, 0.1) is 0 Å². The standard InChI is InChI=1S/C20H19N3O3/c1-3-26-13-10-8-12(9-11-13)17-16-18(21-20(24)19(16)23-22-17)14-6-4-5-7-15(14)25-2/h4-11,18H,3H2,1-2H3,(H,21,24)(H,22,23). The lowest BCUT2D eigenvalue weighted by Crippen LogP contribution is -2.21. The normalized spacial score (nSPS) is 15.5. The smallest absolute Gasteiger partial charge is 0.270 e. The number of hydrogen-bond acceptors (Lipinski definition) is 4. The van der Waals surface area contributed by atoms with Crippen LogP contribution in [0.25, 0.3) is 11.3 Å². The Hall–Kier alpha value is -3.28. The van der Waals surface area contributed by atoms with Crippen molar-refractivity contribution in [2.24, 2.45) is 0 Å². The van der Waals surface area contributed by atoms with E-state index in [4.69, 9.17) is 9.47 Å². The molecule has 1 amide bonds. The van der Waals surface area contributed by atoms with Crippen molar-refractivity contribution in [2.75, 3.05) is 13.7 Å². The lowest BCUT2D eigenvalue weighted by molar-refractivity contribution is 0.0955. The van der Waals surface area contributed by atoms with Crippen LogP contribution in [0.3, 0.4) is 0 Å². The third-order valence-corrected chi connectivity index (χ3v) is 4.48. The minimum Gasteiger partial charge on any atom is -0.496 e. The molecule has 132 valence electrons. The van der Waals surface area contributed by atoms with Crippen molar-refractivity contribution in [3.63, 3.8) is 0 Å². The van der Waals surface area contributed by atoms with Gasteiger partial charge in [0.05, 0.1) is 25.5 Å². The second-order valence-electron chi connectivity index (χ2n) is 5.97. The van der Waals surface area contributed by atoms with Crippen molar-refractivity contribution in [1.82, 2.24) is 15.5 Å². The van der Waals surface area contributed by atoms with Gasteiger partial charge in [-0.3, -0.25) is 9.89 Å². The van der Waals surface area contributed by atoms with Crippen LogP contribution in [0.1, 0.15) is 34.6 Å². The van der Waals surface area contributed by atoms with Gasteiger partial charge < -0.3 is 14.8 Å². The summed E-state index contributed by atoms with van der Waals surface area (Å²) in [5.41, 5.74) is 3.89. The second kappa shape index (κ2) is 6.55. The quantitative estimate of drug-likeness (QED) is 0.741. The van der Waals surface area contributed by atoms with Gasteiger partial charge in [-0.1, -0.05) is 18.2 Å². The Bertz CT molecular complexity index is 947. The zero-order valence-electron chi connectivity index (χ0n) is 14.6. The molecule has 1 atom stereocenters. The molecule has 0 fully saturated rings. The highest BCUT2D eigenvalue weighted by molar-refractivity contribution is 6.00. The Kier molecular flexibility index (Phi) is 4.08. The van der Waals surface area contributed by atoms with Gasteiger partial charge in [-0.25, -0.2) is 0 Å². The molecule has 1 unspecified atom stereocenters. The monoisotopic (exact) mass is 349 g/mol. The van der Waals surface area contributed by atoms with Crippen LogP contribution in [0.5, 0.6) is 11.5 Å². The number of fused-ring (bicyclic) bond motifs is 1. The van der Waals surface area contributed by atoms with Crippen LogP contribution in [0.2, 0.25) is 0 Å². The predicted molar refractivity (Wildman–Crippen MR) is 97.5 cm³/mol. The average Bonchev–Trinajstić information content (AvgIpc) is 3.24. The van der Waals surface area contributed by atoms with Crippen molar-refractivity contribution in [2.45, 2.75) is 13.0 Å². The predicted octanol–water partition coefficient (Wildman–Crippen LogP) is 3.32. The highest BCUT2D eigenvalue weighted by atomic mass is 16.5. The number of carbonyl (C=O) groups is 1. The summed E-state index contributed by atoms with van der Waals surface area (Å²) in [5.74, 6) is 1.36. The summed E-state index contributed by atoms with van der Waals surface area (Å²) in [6.45, 7) is 2.56. The SMILES string of the molecule is CCOc1ccc(-c2n[nH]c3c2C(c2ccccc2OC)NC3=O)cc1. The largest absolute Gasteiger partial charge is 0.496 e. The summed E-state index contributed by atoms with van der Waals surface area (Å²) < 4.78 is 11.0. The van der Waals surface area contributed by atoms with E-state index < -0.39 is 0 Å². The van der Waals surface area contributed by atoms with E-state index >= 15 is 0 Å². The van der Waals surface area contributed by atoms with E-state index in [1.54, 1.807) is 7.11 Å². The molecule has 0 bridgehead atoms. The van der Waals surface area contributed by atoms with Crippen molar-refractivity contribution in [3.8, 4) is 22.8 Å². The van der Waals surface area contributed by atoms with Crippen LogP contribution in [-0.4, -0.2) is 29.8 Å². The molecule has 1 aliphatic heterocycles. The number of para-hydroxylation sites is 1. The average molecular weight is 349 g/mol. The summed E-state index contributed by atoms with van der Waals surface area (Å²) in [6, 6.07) is 15.1. The third-order valence-electron chi connectivity index (χ3n) is 4.48. The first-order chi connectivity index (χ1) is 12.7. The number of aromatic nitrogens is 2. The molecule has 4 rings (SSSR count). The molecule has 1 aromatic heterocycles. The maximum Gasteiger partial charge on any atom is 0.270 e. The molecule has 6 nitrogen and oxygen atoms in total. The molecule has 26 heavy (non-hydrogen) atoms. The summed E-state index contributed by atoms with van der Waals surface area (Å²) >= 11 is 0. The number of nitrogens with zero attached hydrogens (tertiary/aromatic N) is 1. The second-order valence-corrected chi connectivity index (χ2v) is 5.97. The van der Waals surface area contributed by atoms with E-state index in [1.807, 2.05) is 55.5 Å². The summed E-state index contributed by atoms with van der Waals surface area (Å²) in [7, 11) is 1.62. The van der Waals surface area contributed by atoms with Crippen molar-refractivity contribution >= 4 is 5.91 Å². The number of benzene rings is 2. The number of amides is 1. The Labute approximate surface area is 151 Å². The molecular formula is C20H19N3O3. The van der Waals surface area contributed by atoms with Gasteiger partial charge in [-0.2, -0.15) is 5.10 Å². The zero-order chi connectivity index (χ0) is 18.1. The Morgan fingerprint density at radius 3 is 2.62 bits per heavy atom. The van der Waals surface area contributed by atoms with Crippen molar-refractivity contribution in [1.29, 1.82) is 0 Å². The number of methoxy groups -OCH3 is 1. The van der Waals surface area contributed by atoms with Crippen molar-refractivity contribution in [3.05, 3.63) is 65.4 Å². The van der Waals surface area contributed by atoms with Gasteiger partial charge in [0.25, 0.3) is 5.91 Å². The number of aromatic amines is 1. The fourth-order valence-corrected chi connectivity index (χ4v) is 3.31. The molecule has 2 aromatic carbocycles. The minimum absolute atomic E-state index is 0.166. The molecule has 0 aliphatic carbocycles. The minimum atomic E-state index is -0.311. The number of carbonyl (C=O) groups excluding carboxylic acids is 1. The fraction of sp³-hybridized carbons (Fsp3) is 0.200. The molecular weight excluding hydrogens is 330 g/mol. The van der Waals surface area contributed by atoms with E-state index in [1.165, 1.54) is 0 Å². The molecule has 2 N–H and O–H groups in total. The molecule has 1 aliphatic rings. The molecule has 0 saturated heterocycles. The fourth-order valence-electron chi connectivity index (χ4n) is 3.31. The van der Waals surface area contributed by atoms with Crippen LogP contribution in [0.4, 0.5) is 0 Å². The van der Waals surface area contributed by atoms with Crippen molar-refractivity contribution < 1.29 is 14.3 Å². The van der Waals surface area contributed by atoms with E-state index in [-0.39, 0.29) is 11.9 Å². The van der Waals surface area contributed by atoms with Crippen LogP contribution in [-0.2, 0) is 0 Å². The van der Waals surface area contributed by atoms with Gasteiger partial charge >= 0.3 is 0 Å². The molecule has 3 aromatic rings. The maximum absolute atomic E-state index is 12.4. The lowest BCUT2D eigenvalue weighted by atomic mass is 9.96. The van der Waals surface area contributed by atoms with Crippen LogP contribution >= 0.6 is 0 Å². The number of H-pyrrole nitrogens is 1. The summed E-state index contributed by atoms with van der Waals surface area (Å²) in [6.07, 6.45) is 0. The van der Waals surface area contributed by atoms with E-state index in [0.717, 1.165) is 33.9 Å². The first-order valence-electron chi connectivity index (χ1n) is 8.48. The number of rotatable bonds is 5. The molecule has 0 spiro atoms. The Balaban J connectivity index is 1.79. The highest BCUT2D eigenvalue weighted by Crippen LogP contribution is 2.40. The van der Waals surface area contributed by atoms with E-state index in [2.05, 4.69) is 15.5 Å². The molecule has 0 saturated carbocycles. The van der Waals surface area contributed by atoms with Crippen LogP contribution in [0.15, 0.2) is 48.5 Å². The van der Waals surface area contributed by atoms with Gasteiger partial charge in [-0.15, -0.1) is 0 Å². The topological polar surface area (TPSA) is 76.2 Å². The highest BCUT2D eigenvalue weighted by Gasteiger charge is 2.36. The lowest BCUT2D eigenvalue weighted by Gasteiger charge is -2.16.